The van der Waals surface area contributed by atoms with Crippen LogP contribution in [0.3, 0.4) is 0 Å². The molecule has 39 heavy (non-hydrogen) atoms. The van der Waals surface area contributed by atoms with Gasteiger partial charge in [-0.3, -0.25) is 19.7 Å². The van der Waals surface area contributed by atoms with Crippen molar-refractivity contribution in [1.29, 1.82) is 0 Å². The lowest BCUT2D eigenvalue weighted by Crippen LogP contribution is -2.52. The average molecular weight is 595 g/mol. The predicted molar refractivity (Wildman–Crippen MR) is 165 cm³/mol. The smallest absolute Gasteiger partial charge is 0.250 e. The van der Waals surface area contributed by atoms with Gasteiger partial charge in [-0.1, -0.05) is 45.7 Å². The van der Waals surface area contributed by atoms with Crippen molar-refractivity contribution in [2.75, 3.05) is 31.0 Å². The number of benzene rings is 1. The van der Waals surface area contributed by atoms with Crippen LogP contribution in [0.4, 0.5) is 0 Å². The zero-order valence-electron chi connectivity index (χ0n) is 23.5. The highest BCUT2D eigenvalue weighted by Gasteiger charge is 2.50. The number of carbonyl (C=O) groups excluding carboxylic acids is 1. The number of thioether (sulfide) groups is 3. The average Bonchev–Trinajstić information content (AvgIpc) is 3.63. The topological polar surface area (TPSA) is 118 Å². The minimum absolute atomic E-state index is 0.0621. The van der Waals surface area contributed by atoms with Crippen LogP contribution >= 0.6 is 35.3 Å². The zero-order chi connectivity index (χ0) is 28.4. The second-order valence-electron chi connectivity index (χ2n) is 11.3. The molecule has 0 radical (unpaired) electrons. The van der Waals surface area contributed by atoms with E-state index in [1.54, 1.807) is 24.8 Å². The molecular weight excluding hydrogens is 553 g/mol. The van der Waals surface area contributed by atoms with E-state index in [0.29, 0.717) is 11.5 Å². The summed E-state index contributed by atoms with van der Waals surface area (Å²) in [5.74, 6) is 2.08. The molecule has 0 aromatic heterocycles. The highest BCUT2D eigenvalue weighted by Crippen LogP contribution is 2.44. The molecule has 1 aromatic rings. The molecule has 0 saturated carbocycles. The summed E-state index contributed by atoms with van der Waals surface area (Å²) in [6.07, 6.45) is 3.67. The van der Waals surface area contributed by atoms with Crippen LogP contribution in [0.25, 0.3) is 0 Å². The Morgan fingerprint density at radius 1 is 1.28 bits per heavy atom. The number of unbranched alkanes of at least 4 members (excludes halogenated alkanes) is 2. The van der Waals surface area contributed by atoms with Crippen LogP contribution in [-0.2, 0) is 11.2 Å². The van der Waals surface area contributed by atoms with Crippen molar-refractivity contribution < 1.29 is 20.1 Å². The third-order valence-electron chi connectivity index (χ3n) is 7.98. The summed E-state index contributed by atoms with van der Waals surface area (Å²) in [6.45, 7) is 7.52. The van der Waals surface area contributed by atoms with Crippen molar-refractivity contribution in [3.63, 3.8) is 0 Å². The van der Waals surface area contributed by atoms with E-state index in [0.717, 1.165) is 52.0 Å². The number of aromatic hydroxyl groups is 1. The van der Waals surface area contributed by atoms with Gasteiger partial charge in [0.2, 0.25) is 5.91 Å². The number of carbonyl (C=O) groups is 1. The van der Waals surface area contributed by atoms with E-state index in [4.69, 9.17) is 15.1 Å². The van der Waals surface area contributed by atoms with Crippen molar-refractivity contribution >= 4 is 51.3 Å². The maximum absolute atomic E-state index is 12.4. The van der Waals surface area contributed by atoms with E-state index < -0.39 is 23.8 Å². The number of hydrogen-bond donors (Lipinski definition) is 4. The van der Waals surface area contributed by atoms with Crippen molar-refractivity contribution in [2.45, 2.75) is 82.5 Å². The lowest BCUT2D eigenvalue weighted by atomic mass is 9.83. The molecule has 4 rings (SSSR count). The van der Waals surface area contributed by atoms with E-state index in [1.165, 1.54) is 18.2 Å². The Morgan fingerprint density at radius 2 is 2.05 bits per heavy atom. The standard InChI is InChI=1S/C28H42N4O4S3/c1-6-7-8-10-17-11-9-12-20(34)21(17)23-30-18(13-37-23)24-32(5)19(14-38-24)22(35)27(2,3)26-31-28(4,15-39-26)25(36)29-16-33/h9,11-12,18-19,22,24,33-35H,6-8,10,13-16H2,1-5H3,(H,29,36). The van der Waals surface area contributed by atoms with Gasteiger partial charge in [0.1, 0.15) is 23.1 Å². The van der Waals surface area contributed by atoms with Crippen LogP contribution in [0.5, 0.6) is 5.75 Å². The molecule has 1 fully saturated rings. The molecule has 5 unspecified atom stereocenters. The molecule has 3 aliphatic heterocycles. The van der Waals surface area contributed by atoms with Crippen LogP contribution < -0.4 is 5.32 Å². The Hall–Kier alpha value is -1.24. The van der Waals surface area contributed by atoms with E-state index in [1.807, 2.05) is 31.7 Å². The maximum Gasteiger partial charge on any atom is 0.250 e. The van der Waals surface area contributed by atoms with Crippen molar-refractivity contribution in [2.24, 2.45) is 15.4 Å². The number of aliphatic hydroxyl groups is 2. The SMILES string of the molecule is CCCCCc1cccc(O)c1C1=NC(C2SCC(C(O)C(C)(C)C3=NC(C)(C(=O)NCO)CS3)N2C)CS1. The number of amides is 1. The lowest BCUT2D eigenvalue weighted by Gasteiger charge is -2.38. The largest absolute Gasteiger partial charge is 0.507 e. The van der Waals surface area contributed by atoms with Crippen LogP contribution in [-0.4, -0.2) is 96.4 Å². The second-order valence-corrected chi connectivity index (χ2v) is 14.5. The number of phenolic OH excluding ortho intramolecular Hbond substituents is 1. The Kier molecular flexibility index (Phi) is 10.0. The number of phenols is 1. The Labute approximate surface area is 244 Å². The van der Waals surface area contributed by atoms with Gasteiger partial charge in [-0.2, -0.15) is 0 Å². The van der Waals surface area contributed by atoms with Gasteiger partial charge < -0.3 is 20.6 Å². The molecule has 3 aliphatic rings. The first-order valence-corrected chi connectivity index (χ1v) is 16.7. The van der Waals surface area contributed by atoms with Gasteiger partial charge in [-0.15, -0.1) is 35.3 Å². The van der Waals surface area contributed by atoms with E-state index in [9.17, 15) is 15.0 Å². The third kappa shape index (κ3) is 6.33. The van der Waals surface area contributed by atoms with Gasteiger partial charge in [-0.25, -0.2) is 0 Å². The highest BCUT2D eigenvalue weighted by molar-refractivity contribution is 8.15. The molecule has 1 aromatic carbocycles. The van der Waals surface area contributed by atoms with E-state index in [-0.39, 0.29) is 23.4 Å². The monoisotopic (exact) mass is 594 g/mol. The zero-order valence-corrected chi connectivity index (χ0v) is 26.0. The van der Waals surface area contributed by atoms with Crippen LogP contribution in [0.2, 0.25) is 0 Å². The van der Waals surface area contributed by atoms with Crippen molar-refractivity contribution in [1.82, 2.24) is 10.2 Å². The molecule has 3 heterocycles. The van der Waals surface area contributed by atoms with Crippen LogP contribution in [0, 0.1) is 5.41 Å². The minimum atomic E-state index is -0.955. The molecule has 1 amide bonds. The third-order valence-corrected chi connectivity index (χ3v) is 12.2. The first kappa shape index (κ1) is 30.7. The summed E-state index contributed by atoms with van der Waals surface area (Å²) in [5.41, 5.74) is 0.447. The molecular formula is C28H42N4O4S3. The molecule has 1 saturated heterocycles. The lowest BCUT2D eigenvalue weighted by molar-refractivity contribution is -0.126. The number of hydrogen-bond acceptors (Lipinski definition) is 10. The summed E-state index contributed by atoms with van der Waals surface area (Å²) in [7, 11) is 2.06. The summed E-state index contributed by atoms with van der Waals surface area (Å²) >= 11 is 5.04. The van der Waals surface area contributed by atoms with Gasteiger partial charge in [0.15, 0.2) is 0 Å². The number of aliphatic hydroxyl groups excluding tert-OH is 2. The fourth-order valence-corrected chi connectivity index (χ4v) is 9.66. The molecule has 0 aliphatic carbocycles. The van der Waals surface area contributed by atoms with E-state index >= 15 is 0 Å². The van der Waals surface area contributed by atoms with Crippen molar-refractivity contribution in [3.05, 3.63) is 29.3 Å². The summed E-state index contributed by atoms with van der Waals surface area (Å²) < 4.78 is 0. The second kappa shape index (κ2) is 12.7. The van der Waals surface area contributed by atoms with Gasteiger partial charge in [0, 0.05) is 28.7 Å². The first-order chi connectivity index (χ1) is 18.5. The van der Waals surface area contributed by atoms with Gasteiger partial charge in [0.05, 0.1) is 28.1 Å². The quantitative estimate of drug-likeness (QED) is 0.226. The first-order valence-electron chi connectivity index (χ1n) is 13.7. The molecule has 11 heteroatoms. The molecule has 216 valence electrons. The number of likely N-dealkylation sites (N-methyl/N-ethyl adjacent to an activating group) is 1. The van der Waals surface area contributed by atoms with E-state index in [2.05, 4.69) is 30.3 Å². The Bertz CT molecular complexity index is 1110. The van der Waals surface area contributed by atoms with Gasteiger partial charge in [-0.05, 0) is 38.4 Å². The molecule has 4 N–H and O–H groups in total. The molecule has 5 atom stereocenters. The minimum Gasteiger partial charge on any atom is -0.507 e. The number of nitrogens with one attached hydrogen (secondary N) is 1. The number of aryl methyl sites for hydroxylation is 1. The van der Waals surface area contributed by atoms with Gasteiger partial charge in [0.25, 0.3) is 0 Å². The number of aliphatic imine (C=N–C) groups is 2. The highest BCUT2D eigenvalue weighted by atomic mass is 32.2. The Balaban J connectivity index is 1.47. The summed E-state index contributed by atoms with van der Waals surface area (Å²) in [5, 5.41) is 35.7. The van der Waals surface area contributed by atoms with Crippen molar-refractivity contribution in [3.8, 4) is 5.75 Å². The molecule has 0 spiro atoms. The summed E-state index contributed by atoms with van der Waals surface area (Å²) in [4.78, 5) is 24.5. The number of rotatable bonds is 11. The normalized spacial score (nSPS) is 28.4. The van der Waals surface area contributed by atoms with Crippen LogP contribution in [0.15, 0.2) is 28.2 Å². The molecule has 8 nitrogen and oxygen atoms in total. The fourth-order valence-electron chi connectivity index (χ4n) is 5.41. The number of nitrogens with zero attached hydrogens (tertiary/aromatic N) is 3. The molecule has 0 bridgehead atoms. The maximum atomic E-state index is 12.4. The van der Waals surface area contributed by atoms with Gasteiger partial charge >= 0.3 is 0 Å². The fraction of sp³-hybridized carbons (Fsp3) is 0.679. The van der Waals surface area contributed by atoms with Crippen LogP contribution in [0.1, 0.15) is 58.1 Å². The predicted octanol–water partition coefficient (Wildman–Crippen LogP) is 3.72. The Morgan fingerprint density at radius 3 is 2.77 bits per heavy atom. The summed E-state index contributed by atoms with van der Waals surface area (Å²) in [6, 6.07) is 5.75.